The third-order valence-electron chi connectivity index (χ3n) is 3.16. The first kappa shape index (κ1) is 13.8. The number of phenolic OH excluding ortho intramolecular Hbond substituents is 1. The van der Waals surface area contributed by atoms with E-state index < -0.39 is 22.7 Å². The smallest absolute Gasteiger partial charge is 0.315 e. The molecule has 0 spiro atoms. The van der Waals surface area contributed by atoms with E-state index in [-0.39, 0.29) is 12.4 Å². The molecule has 0 aromatic heterocycles. The highest BCUT2D eigenvalue weighted by molar-refractivity contribution is 9.10. The number of nitrogens with zero attached hydrogens (tertiary/aromatic N) is 1. The lowest BCUT2D eigenvalue weighted by Crippen LogP contribution is -2.18. The second-order valence-electron chi connectivity index (χ2n) is 4.46. The summed E-state index contributed by atoms with van der Waals surface area (Å²) in [4.78, 5) is 10.3. The standard InChI is InChI=1S/C14H10BrNO5/c15-10-6-11(16(18)19)12(17)13-9(10)7-20-14(21-13)8-4-2-1-3-5-8/h1-6,14,17H,7H2. The minimum absolute atomic E-state index is 0.0798. The number of hydrogen-bond acceptors (Lipinski definition) is 5. The van der Waals surface area contributed by atoms with E-state index in [1.165, 1.54) is 6.07 Å². The van der Waals surface area contributed by atoms with Crippen LogP contribution < -0.4 is 4.74 Å². The van der Waals surface area contributed by atoms with Crippen molar-refractivity contribution >= 4 is 21.6 Å². The fourth-order valence-corrected chi connectivity index (χ4v) is 2.63. The van der Waals surface area contributed by atoms with E-state index in [0.717, 1.165) is 5.56 Å². The largest absolute Gasteiger partial charge is 0.500 e. The minimum Gasteiger partial charge on any atom is -0.500 e. The van der Waals surface area contributed by atoms with Crippen LogP contribution in [0.5, 0.6) is 11.5 Å². The summed E-state index contributed by atoms with van der Waals surface area (Å²) in [5.74, 6) is -0.404. The topological polar surface area (TPSA) is 81.8 Å². The van der Waals surface area contributed by atoms with Gasteiger partial charge in [-0.2, -0.15) is 0 Å². The molecular weight excluding hydrogens is 342 g/mol. The van der Waals surface area contributed by atoms with Gasteiger partial charge in [0.15, 0.2) is 5.75 Å². The molecule has 21 heavy (non-hydrogen) atoms. The van der Waals surface area contributed by atoms with Crippen LogP contribution in [0.3, 0.4) is 0 Å². The van der Waals surface area contributed by atoms with Crippen molar-refractivity contribution in [3.8, 4) is 11.5 Å². The summed E-state index contributed by atoms with van der Waals surface area (Å²) in [6.45, 7) is 0.182. The van der Waals surface area contributed by atoms with Crippen LogP contribution in [0.1, 0.15) is 17.4 Å². The molecule has 1 unspecified atom stereocenters. The van der Waals surface area contributed by atoms with Gasteiger partial charge >= 0.3 is 5.69 Å². The highest BCUT2D eigenvalue weighted by Gasteiger charge is 2.31. The molecule has 0 aliphatic carbocycles. The fourth-order valence-electron chi connectivity index (χ4n) is 2.12. The predicted octanol–water partition coefficient (Wildman–Crippen LogP) is 3.67. The molecule has 6 nitrogen and oxygen atoms in total. The summed E-state index contributed by atoms with van der Waals surface area (Å²) in [5.41, 5.74) is 0.907. The lowest BCUT2D eigenvalue weighted by molar-refractivity contribution is -0.386. The van der Waals surface area contributed by atoms with Crippen LogP contribution in [0.4, 0.5) is 5.69 Å². The van der Waals surface area contributed by atoms with E-state index in [0.29, 0.717) is 10.0 Å². The van der Waals surface area contributed by atoms with Crippen LogP contribution in [-0.4, -0.2) is 10.0 Å². The van der Waals surface area contributed by atoms with E-state index in [9.17, 15) is 15.2 Å². The molecule has 1 aliphatic heterocycles. The zero-order valence-corrected chi connectivity index (χ0v) is 12.2. The Bertz CT molecular complexity index is 704. The SMILES string of the molecule is O=[N+]([O-])c1cc(Br)c2c(c1O)OC(c1ccccc1)OC2. The third kappa shape index (κ3) is 2.45. The van der Waals surface area contributed by atoms with Crippen LogP contribution in [0, 0.1) is 10.1 Å². The predicted molar refractivity (Wildman–Crippen MR) is 77.1 cm³/mol. The third-order valence-corrected chi connectivity index (χ3v) is 3.86. The summed E-state index contributed by atoms with van der Waals surface area (Å²) in [6, 6.07) is 10.4. The van der Waals surface area contributed by atoms with Crippen molar-refractivity contribution in [1.29, 1.82) is 0 Å². The quantitative estimate of drug-likeness (QED) is 0.659. The molecule has 3 rings (SSSR count). The molecule has 1 atom stereocenters. The van der Waals surface area contributed by atoms with Crippen LogP contribution in [0.25, 0.3) is 0 Å². The molecular formula is C14H10BrNO5. The summed E-state index contributed by atoms with van der Waals surface area (Å²) < 4.78 is 11.7. The zero-order valence-electron chi connectivity index (χ0n) is 10.7. The summed E-state index contributed by atoms with van der Waals surface area (Å²) in [6.07, 6.45) is -0.710. The summed E-state index contributed by atoms with van der Waals surface area (Å²) >= 11 is 3.24. The van der Waals surface area contributed by atoms with Crippen LogP contribution in [0.15, 0.2) is 40.9 Å². The van der Waals surface area contributed by atoms with E-state index in [1.807, 2.05) is 30.3 Å². The first-order valence-electron chi connectivity index (χ1n) is 6.10. The molecule has 1 aliphatic rings. The Balaban J connectivity index is 2.04. The maximum absolute atomic E-state index is 10.9. The number of benzene rings is 2. The highest BCUT2D eigenvalue weighted by Crippen LogP contribution is 2.47. The van der Waals surface area contributed by atoms with Gasteiger partial charge in [-0.1, -0.05) is 46.3 Å². The molecule has 0 saturated carbocycles. The molecule has 0 fully saturated rings. The number of aromatic hydroxyl groups is 1. The molecule has 0 radical (unpaired) electrons. The van der Waals surface area contributed by atoms with E-state index in [2.05, 4.69) is 15.9 Å². The van der Waals surface area contributed by atoms with Gasteiger partial charge in [0.25, 0.3) is 0 Å². The lowest BCUT2D eigenvalue weighted by atomic mass is 10.1. The Morgan fingerprint density at radius 2 is 2.05 bits per heavy atom. The van der Waals surface area contributed by atoms with Crippen LogP contribution in [-0.2, 0) is 11.3 Å². The fraction of sp³-hybridized carbons (Fsp3) is 0.143. The Hall–Kier alpha value is -2.12. The summed E-state index contributed by atoms with van der Waals surface area (Å²) in [7, 11) is 0. The molecule has 0 bridgehead atoms. The Morgan fingerprint density at radius 1 is 1.33 bits per heavy atom. The summed E-state index contributed by atoms with van der Waals surface area (Å²) in [5, 5.41) is 21.0. The molecule has 0 saturated heterocycles. The number of nitro groups is 1. The van der Waals surface area contributed by atoms with Crippen LogP contribution >= 0.6 is 15.9 Å². The number of rotatable bonds is 2. The minimum atomic E-state index is -0.710. The van der Waals surface area contributed by atoms with E-state index >= 15 is 0 Å². The van der Waals surface area contributed by atoms with Gasteiger partial charge in [-0.05, 0) is 0 Å². The van der Waals surface area contributed by atoms with Gasteiger partial charge in [0.05, 0.1) is 11.5 Å². The van der Waals surface area contributed by atoms with Crippen molar-refractivity contribution in [3.63, 3.8) is 0 Å². The molecule has 108 valence electrons. The average molecular weight is 352 g/mol. The van der Waals surface area contributed by atoms with Crippen LogP contribution in [0.2, 0.25) is 0 Å². The van der Waals surface area contributed by atoms with Crippen molar-refractivity contribution in [2.75, 3.05) is 0 Å². The number of phenols is 1. The highest BCUT2D eigenvalue weighted by atomic mass is 79.9. The number of halogens is 1. The molecule has 0 amide bonds. The normalized spacial score (nSPS) is 16.9. The first-order chi connectivity index (χ1) is 10.1. The Kier molecular flexibility index (Phi) is 3.52. The first-order valence-corrected chi connectivity index (χ1v) is 6.89. The lowest BCUT2D eigenvalue weighted by Gasteiger charge is -2.27. The molecule has 7 heteroatoms. The molecule has 2 aromatic rings. The maximum atomic E-state index is 10.9. The molecule has 2 aromatic carbocycles. The Labute approximate surface area is 128 Å². The number of fused-ring (bicyclic) bond motifs is 1. The van der Waals surface area contributed by atoms with Gasteiger partial charge < -0.3 is 14.6 Å². The van der Waals surface area contributed by atoms with Crippen molar-refractivity contribution in [1.82, 2.24) is 0 Å². The van der Waals surface area contributed by atoms with Gasteiger partial charge in [0.1, 0.15) is 0 Å². The molecule has 1 N–H and O–H groups in total. The van der Waals surface area contributed by atoms with Crippen molar-refractivity contribution in [2.24, 2.45) is 0 Å². The van der Waals surface area contributed by atoms with Crippen molar-refractivity contribution in [3.05, 3.63) is 62.1 Å². The van der Waals surface area contributed by atoms with E-state index in [1.54, 1.807) is 0 Å². The molecule has 1 heterocycles. The second kappa shape index (κ2) is 5.34. The number of nitro benzene ring substituents is 1. The van der Waals surface area contributed by atoms with Crippen molar-refractivity contribution < 1.29 is 19.5 Å². The number of ether oxygens (including phenoxy) is 2. The maximum Gasteiger partial charge on any atom is 0.315 e. The van der Waals surface area contributed by atoms with Gasteiger partial charge in [-0.15, -0.1) is 0 Å². The number of hydrogen-bond donors (Lipinski definition) is 1. The van der Waals surface area contributed by atoms with E-state index in [4.69, 9.17) is 9.47 Å². The van der Waals surface area contributed by atoms with Gasteiger partial charge in [-0.3, -0.25) is 10.1 Å². The average Bonchev–Trinajstić information content (AvgIpc) is 2.51. The van der Waals surface area contributed by atoms with Gasteiger partial charge in [-0.25, -0.2) is 0 Å². The van der Waals surface area contributed by atoms with Crippen molar-refractivity contribution in [2.45, 2.75) is 12.9 Å². The van der Waals surface area contributed by atoms with Gasteiger partial charge in [0, 0.05) is 21.7 Å². The zero-order chi connectivity index (χ0) is 15.0. The second-order valence-corrected chi connectivity index (χ2v) is 5.32. The monoisotopic (exact) mass is 351 g/mol. The van der Waals surface area contributed by atoms with Gasteiger partial charge in [0.2, 0.25) is 12.0 Å². The Morgan fingerprint density at radius 3 is 2.71 bits per heavy atom.